The van der Waals surface area contributed by atoms with Crippen LogP contribution in [-0.2, 0) is 4.74 Å². The van der Waals surface area contributed by atoms with Gasteiger partial charge in [0, 0.05) is 25.3 Å². The van der Waals surface area contributed by atoms with Gasteiger partial charge in [0.05, 0.1) is 21.2 Å². The van der Waals surface area contributed by atoms with Gasteiger partial charge in [-0.25, -0.2) is 0 Å². The highest BCUT2D eigenvalue weighted by Crippen LogP contribution is 2.27. The SMILES string of the molecule is CCOC(C)(C)CNc1ccc([N+](=O)[O-])cc1Cl. The van der Waals surface area contributed by atoms with Crippen molar-refractivity contribution in [3.05, 3.63) is 33.3 Å². The lowest BCUT2D eigenvalue weighted by atomic mass is 10.1. The Labute approximate surface area is 111 Å². The standard InChI is InChI=1S/C12H17ClN2O3/c1-4-18-12(2,3)8-14-11-6-5-9(15(16)17)7-10(11)13/h5-7,14H,4,8H2,1-3H3. The second kappa shape index (κ2) is 6.02. The fraction of sp³-hybridized carbons (Fsp3) is 0.500. The van der Waals surface area contributed by atoms with Crippen LogP contribution in [0.4, 0.5) is 11.4 Å². The average Bonchev–Trinajstić information content (AvgIpc) is 2.27. The van der Waals surface area contributed by atoms with E-state index < -0.39 is 4.92 Å². The van der Waals surface area contributed by atoms with Crippen LogP contribution in [0.3, 0.4) is 0 Å². The van der Waals surface area contributed by atoms with E-state index in [1.165, 1.54) is 12.1 Å². The second-order valence-electron chi connectivity index (χ2n) is 4.47. The molecule has 0 amide bonds. The lowest BCUT2D eigenvalue weighted by Crippen LogP contribution is -2.33. The van der Waals surface area contributed by atoms with E-state index in [0.29, 0.717) is 23.9 Å². The Balaban J connectivity index is 2.71. The molecule has 100 valence electrons. The van der Waals surface area contributed by atoms with Crippen LogP contribution in [0.5, 0.6) is 0 Å². The summed E-state index contributed by atoms with van der Waals surface area (Å²) in [4.78, 5) is 10.1. The maximum atomic E-state index is 10.6. The van der Waals surface area contributed by atoms with Crippen molar-refractivity contribution < 1.29 is 9.66 Å². The molecule has 1 rings (SSSR count). The Hall–Kier alpha value is -1.33. The number of benzene rings is 1. The smallest absolute Gasteiger partial charge is 0.271 e. The number of nitro groups is 1. The summed E-state index contributed by atoms with van der Waals surface area (Å²) in [5, 5.41) is 14.0. The van der Waals surface area contributed by atoms with Crippen LogP contribution in [0, 0.1) is 10.1 Å². The molecule has 5 nitrogen and oxygen atoms in total. The van der Waals surface area contributed by atoms with E-state index in [1.807, 2.05) is 20.8 Å². The number of rotatable bonds is 6. The highest BCUT2D eigenvalue weighted by molar-refractivity contribution is 6.33. The molecule has 0 aromatic heterocycles. The van der Waals surface area contributed by atoms with Crippen LogP contribution in [0.1, 0.15) is 20.8 Å². The summed E-state index contributed by atoms with van der Waals surface area (Å²) in [7, 11) is 0. The van der Waals surface area contributed by atoms with E-state index >= 15 is 0 Å². The van der Waals surface area contributed by atoms with Gasteiger partial charge in [0.15, 0.2) is 0 Å². The zero-order valence-corrected chi connectivity index (χ0v) is 11.5. The molecule has 1 N–H and O–H groups in total. The van der Waals surface area contributed by atoms with Crippen molar-refractivity contribution in [1.82, 2.24) is 0 Å². The predicted octanol–water partition coefficient (Wildman–Crippen LogP) is 3.48. The largest absolute Gasteiger partial charge is 0.381 e. The van der Waals surface area contributed by atoms with Crippen LogP contribution in [0.15, 0.2) is 18.2 Å². The molecule has 0 saturated carbocycles. The van der Waals surface area contributed by atoms with Crippen molar-refractivity contribution in [3.63, 3.8) is 0 Å². The fourth-order valence-corrected chi connectivity index (χ4v) is 1.75. The van der Waals surface area contributed by atoms with E-state index in [0.717, 1.165) is 0 Å². The molecule has 0 saturated heterocycles. The van der Waals surface area contributed by atoms with Gasteiger partial charge in [-0.2, -0.15) is 0 Å². The number of nitrogens with zero attached hydrogens (tertiary/aromatic N) is 1. The molecule has 0 aliphatic carbocycles. The lowest BCUT2D eigenvalue weighted by molar-refractivity contribution is -0.384. The van der Waals surface area contributed by atoms with E-state index in [4.69, 9.17) is 16.3 Å². The minimum Gasteiger partial charge on any atom is -0.381 e. The molecule has 0 unspecified atom stereocenters. The molecule has 0 radical (unpaired) electrons. The number of non-ortho nitro benzene ring substituents is 1. The monoisotopic (exact) mass is 272 g/mol. The van der Waals surface area contributed by atoms with E-state index in [1.54, 1.807) is 6.07 Å². The summed E-state index contributed by atoms with van der Waals surface area (Å²) in [5.41, 5.74) is 0.324. The number of halogens is 1. The maximum Gasteiger partial charge on any atom is 0.271 e. The average molecular weight is 273 g/mol. The Kier molecular flexibility index (Phi) is 4.93. The summed E-state index contributed by atoms with van der Waals surface area (Å²) in [6.45, 7) is 7.05. The van der Waals surface area contributed by atoms with Gasteiger partial charge in [-0.3, -0.25) is 10.1 Å². The number of anilines is 1. The number of nitro benzene ring substituents is 1. The van der Waals surface area contributed by atoms with Crippen molar-refractivity contribution in [2.45, 2.75) is 26.4 Å². The van der Waals surface area contributed by atoms with Crippen LogP contribution >= 0.6 is 11.6 Å². The van der Waals surface area contributed by atoms with Crippen molar-refractivity contribution in [2.24, 2.45) is 0 Å². The summed E-state index contributed by atoms with van der Waals surface area (Å²) in [6.07, 6.45) is 0. The second-order valence-corrected chi connectivity index (χ2v) is 4.87. The third-order valence-corrected chi connectivity index (χ3v) is 2.72. The summed E-state index contributed by atoms with van der Waals surface area (Å²) in [5.74, 6) is 0. The normalized spacial score (nSPS) is 11.3. The summed E-state index contributed by atoms with van der Waals surface area (Å²) < 4.78 is 5.54. The molecule has 0 atom stereocenters. The van der Waals surface area contributed by atoms with Crippen molar-refractivity contribution in [3.8, 4) is 0 Å². The van der Waals surface area contributed by atoms with Crippen LogP contribution in [-0.4, -0.2) is 23.7 Å². The maximum absolute atomic E-state index is 10.6. The number of ether oxygens (including phenoxy) is 1. The quantitative estimate of drug-likeness (QED) is 0.636. The first-order valence-electron chi connectivity index (χ1n) is 5.67. The van der Waals surface area contributed by atoms with Gasteiger partial charge in [0.2, 0.25) is 0 Å². The highest BCUT2D eigenvalue weighted by Gasteiger charge is 2.18. The first-order valence-corrected chi connectivity index (χ1v) is 6.05. The third kappa shape index (κ3) is 4.16. The number of hydrogen-bond acceptors (Lipinski definition) is 4. The molecule has 0 aliphatic rings. The number of nitrogens with one attached hydrogen (secondary N) is 1. The summed E-state index contributed by atoms with van der Waals surface area (Å²) in [6, 6.07) is 4.35. The van der Waals surface area contributed by atoms with Crippen molar-refractivity contribution in [2.75, 3.05) is 18.5 Å². The Morgan fingerprint density at radius 3 is 2.67 bits per heavy atom. The molecule has 6 heteroatoms. The van der Waals surface area contributed by atoms with Gasteiger partial charge in [0.1, 0.15) is 0 Å². The van der Waals surface area contributed by atoms with Crippen molar-refractivity contribution in [1.29, 1.82) is 0 Å². The Bertz CT molecular complexity index is 435. The minimum absolute atomic E-state index is 0.0189. The minimum atomic E-state index is -0.472. The topological polar surface area (TPSA) is 64.4 Å². The van der Waals surface area contributed by atoms with Gasteiger partial charge in [-0.05, 0) is 26.8 Å². The molecule has 1 aromatic carbocycles. The molecular formula is C12H17ClN2O3. The van der Waals surface area contributed by atoms with Gasteiger partial charge in [0.25, 0.3) is 5.69 Å². The summed E-state index contributed by atoms with van der Waals surface area (Å²) >= 11 is 5.97. The fourth-order valence-electron chi connectivity index (χ4n) is 1.51. The third-order valence-electron chi connectivity index (χ3n) is 2.40. The zero-order chi connectivity index (χ0) is 13.8. The van der Waals surface area contributed by atoms with Crippen LogP contribution < -0.4 is 5.32 Å². The molecule has 0 heterocycles. The highest BCUT2D eigenvalue weighted by atomic mass is 35.5. The van der Waals surface area contributed by atoms with Gasteiger partial charge in [-0.15, -0.1) is 0 Å². The Morgan fingerprint density at radius 1 is 1.50 bits per heavy atom. The molecule has 0 aliphatic heterocycles. The van der Waals surface area contributed by atoms with Gasteiger partial charge in [-0.1, -0.05) is 11.6 Å². The first-order chi connectivity index (χ1) is 8.35. The molecule has 18 heavy (non-hydrogen) atoms. The lowest BCUT2D eigenvalue weighted by Gasteiger charge is -2.25. The molecule has 0 bridgehead atoms. The van der Waals surface area contributed by atoms with E-state index in [9.17, 15) is 10.1 Å². The van der Waals surface area contributed by atoms with Gasteiger partial charge < -0.3 is 10.1 Å². The zero-order valence-electron chi connectivity index (χ0n) is 10.7. The Morgan fingerprint density at radius 2 is 2.17 bits per heavy atom. The molecule has 0 fully saturated rings. The van der Waals surface area contributed by atoms with Gasteiger partial charge >= 0.3 is 0 Å². The van der Waals surface area contributed by atoms with Crippen LogP contribution in [0.2, 0.25) is 5.02 Å². The first kappa shape index (κ1) is 14.7. The molecule has 1 aromatic rings. The van der Waals surface area contributed by atoms with Crippen LogP contribution in [0.25, 0.3) is 0 Å². The molecular weight excluding hydrogens is 256 g/mol. The van der Waals surface area contributed by atoms with E-state index in [-0.39, 0.29) is 11.3 Å². The molecule has 0 spiro atoms. The van der Waals surface area contributed by atoms with Crippen molar-refractivity contribution >= 4 is 23.0 Å². The number of hydrogen-bond donors (Lipinski definition) is 1. The predicted molar refractivity (Wildman–Crippen MR) is 72.3 cm³/mol. The van der Waals surface area contributed by atoms with E-state index in [2.05, 4.69) is 5.32 Å².